The van der Waals surface area contributed by atoms with Crippen molar-refractivity contribution in [1.82, 2.24) is 15.3 Å². The predicted molar refractivity (Wildman–Crippen MR) is 109 cm³/mol. The van der Waals surface area contributed by atoms with Gasteiger partial charge in [-0.1, -0.05) is 23.7 Å². The van der Waals surface area contributed by atoms with Crippen LogP contribution in [0, 0.1) is 13.8 Å². The van der Waals surface area contributed by atoms with Gasteiger partial charge in [0.15, 0.2) is 0 Å². The largest absolute Gasteiger partial charge is 0.345 e. The highest BCUT2D eigenvalue weighted by atomic mass is 35.5. The van der Waals surface area contributed by atoms with Gasteiger partial charge in [0.2, 0.25) is 0 Å². The van der Waals surface area contributed by atoms with Gasteiger partial charge in [0.1, 0.15) is 5.69 Å². The van der Waals surface area contributed by atoms with Crippen LogP contribution in [0.1, 0.15) is 37.7 Å². The molecule has 2 N–H and O–H groups in total. The second kappa shape index (κ2) is 8.63. The van der Waals surface area contributed by atoms with Crippen molar-refractivity contribution in [3.63, 3.8) is 0 Å². The van der Waals surface area contributed by atoms with Crippen molar-refractivity contribution in [2.24, 2.45) is 0 Å². The number of carbonyl (C=O) groups is 2. The van der Waals surface area contributed by atoms with Gasteiger partial charge in [-0.2, -0.15) is 0 Å². The van der Waals surface area contributed by atoms with Crippen LogP contribution in [0.2, 0.25) is 5.02 Å². The van der Waals surface area contributed by atoms with Crippen molar-refractivity contribution in [3.05, 3.63) is 88.0 Å². The SMILES string of the molecule is Cc1cc(C)c(NC(=O)c2ccnc(C(=O)NCc3ccccn3)c2)c(Cl)c1. The summed E-state index contributed by atoms with van der Waals surface area (Å²) in [5, 5.41) is 6.01. The third kappa shape index (κ3) is 4.72. The van der Waals surface area contributed by atoms with Crippen LogP contribution < -0.4 is 10.6 Å². The lowest BCUT2D eigenvalue weighted by Crippen LogP contribution is -2.25. The lowest BCUT2D eigenvalue weighted by Gasteiger charge is -2.12. The molecule has 0 aliphatic heterocycles. The number of aryl methyl sites for hydroxylation is 2. The molecule has 0 saturated carbocycles. The predicted octanol–water partition coefficient (Wildman–Crippen LogP) is 3.93. The monoisotopic (exact) mass is 394 g/mol. The maximum atomic E-state index is 12.6. The number of carbonyl (C=O) groups excluding carboxylic acids is 2. The van der Waals surface area contributed by atoms with Gasteiger partial charge in [0, 0.05) is 18.0 Å². The van der Waals surface area contributed by atoms with Gasteiger partial charge in [0.25, 0.3) is 11.8 Å². The Morgan fingerprint density at radius 2 is 1.82 bits per heavy atom. The van der Waals surface area contributed by atoms with Crippen LogP contribution in [0.3, 0.4) is 0 Å². The van der Waals surface area contributed by atoms with E-state index in [9.17, 15) is 9.59 Å². The minimum Gasteiger partial charge on any atom is -0.345 e. The Morgan fingerprint density at radius 3 is 2.54 bits per heavy atom. The van der Waals surface area contributed by atoms with Gasteiger partial charge in [-0.05, 0) is 55.3 Å². The lowest BCUT2D eigenvalue weighted by molar-refractivity contribution is 0.0945. The molecule has 3 rings (SSSR count). The van der Waals surface area contributed by atoms with Crippen molar-refractivity contribution >= 4 is 29.1 Å². The first-order valence-corrected chi connectivity index (χ1v) is 9.04. The smallest absolute Gasteiger partial charge is 0.270 e. The summed E-state index contributed by atoms with van der Waals surface area (Å²) in [5.74, 6) is -0.750. The van der Waals surface area contributed by atoms with Crippen molar-refractivity contribution in [3.8, 4) is 0 Å². The molecule has 0 spiro atoms. The van der Waals surface area contributed by atoms with Crippen LogP contribution in [0.15, 0.2) is 54.9 Å². The van der Waals surface area contributed by atoms with Gasteiger partial charge in [0.05, 0.1) is 22.9 Å². The molecule has 1 aromatic carbocycles. The number of benzene rings is 1. The second-order valence-electron chi connectivity index (χ2n) is 6.33. The number of aromatic nitrogens is 2. The lowest BCUT2D eigenvalue weighted by atomic mass is 10.1. The molecule has 3 aromatic rings. The molecular weight excluding hydrogens is 376 g/mol. The first kappa shape index (κ1) is 19.5. The zero-order valence-electron chi connectivity index (χ0n) is 15.5. The van der Waals surface area contributed by atoms with Crippen molar-refractivity contribution in [1.29, 1.82) is 0 Å². The summed E-state index contributed by atoms with van der Waals surface area (Å²) < 4.78 is 0. The van der Waals surface area contributed by atoms with Crippen molar-refractivity contribution < 1.29 is 9.59 Å². The van der Waals surface area contributed by atoms with Gasteiger partial charge in [-0.25, -0.2) is 0 Å². The van der Waals surface area contributed by atoms with Gasteiger partial charge in [-0.15, -0.1) is 0 Å². The molecule has 6 nitrogen and oxygen atoms in total. The molecule has 28 heavy (non-hydrogen) atoms. The maximum Gasteiger partial charge on any atom is 0.270 e. The summed E-state index contributed by atoms with van der Waals surface area (Å²) >= 11 is 6.25. The molecule has 142 valence electrons. The van der Waals surface area contributed by atoms with Crippen molar-refractivity contribution in [2.45, 2.75) is 20.4 Å². The van der Waals surface area contributed by atoms with E-state index in [-0.39, 0.29) is 24.1 Å². The number of nitrogens with one attached hydrogen (secondary N) is 2. The Balaban J connectivity index is 1.72. The first-order chi connectivity index (χ1) is 13.4. The fraction of sp³-hybridized carbons (Fsp3) is 0.143. The number of amides is 2. The summed E-state index contributed by atoms with van der Waals surface area (Å²) in [6.45, 7) is 4.08. The number of halogens is 1. The Labute approximate surface area is 168 Å². The normalized spacial score (nSPS) is 10.4. The van der Waals surface area contributed by atoms with E-state index < -0.39 is 0 Å². The van der Waals surface area contributed by atoms with Crippen LogP contribution >= 0.6 is 11.6 Å². The molecular formula is C21H19ClN4O2. The average molecular weight is 395 g/mol. The van der Waals surface area contributed by atoms with Crippen LogP contribution in [0.5, 0.6) is 0 Å². The number of hydrogen-bond donors (Lipinski definition) is 2. The van der Waals surface area contributed by atoms with E-state index in [1.165, 1.54) is 12.3 Å². The zero-order valence-corrected chi connectivity index (χ0v) is 16.2. The van der Waals surface area contributed by atoms with E-state index in [0.717, 1.165) is 16.8 Å². The third-order valence-electron chi connectivity index (χ3n) is 4.08. The number of anilines is 1. The third-order valence-corrected chi connectivity index (χ3v) is 4.38. The first-order valence-electron chi connectivity index (χ1n) is 8.66. The minimum absolute atomic E-state index is 0.148. The van der Waals surface area contributed by atoms with Crippen LogP contribution in [0.25, 0.3) is 0 Å². The van der Waals surface area contributed by atoms with Gasteiger partial charge in [-0.3, -0.25) is 19.6 Å². The van der Waals surface area contributed by atoms with Crippen molar-refractivity contribution in [2.75, 3.05) is 5.32 Å². The van der Waals surface area contributed by atoms with E-state index in [1.807, 2.05) is 32.0 Å². The Kier molecular flexibility index (Phi) is 6.01. The molecule has 0 aliphatic rings. The highest BCUT2D eigenvalue weighted by molar-refractivity contribution is 6.34. The fourth-order valence-electron chi connectivity index (χ4n) is 2.72. The molecule has 0 radical (unpaired) electrons. The van der Waals surface area contributed by atoms with Gasteiger partial charge >= 0.3 is 0 Å². The van der Waals surface area contributed by atoms with E-state index in [4.69, 9.17) is 11.6 Å². The molecule has 0 bridgehead atoms. The summed E-state index contributed by atoms with van der Waals surface area (Å²) in [6, 6.07) is 12.2. The topological polar surface area (TPSA) is 84.0 Å². The minimum atomic E-state index is -0.384. The summed E-state index contributed by atoms with van der Waals surface area (Å²) in [4.78, 5) is 33.2. The molecule has 2 amide bonds. The van der Waals surface area contributed by atoms with Gasteiger partial charge < -0.3 is 10.6 Å². The Hall–Kier alpha value is -3.25. The highest BCUT2D eigenvalue weighted by Crippen LogP contribution is 2.27. The number of pyridine rings is 2. The fourth-order valence-corrected chi connectivity index (χ4v) is 3.09. The molecule has 0 aliphatic carbocycles. The number of hydrogen-bond acceptors (Lipinski definition) is 4. The summed E-state index contributed by atoms with van der Waals surface area (Å²) in [7, 11) is 0. The summed E-state index contributed by atoms with van der Waals surface area (Å²) in [5.41, 5.74) is 3.62. The molecule has 0 unspecified atom stereocenters. The Bertz CT molecular complexity index is 999. The van der Waals surface area contributed by atoms with Crippen LogP contribution in [0.4, 0.5) is 5.69 Å². The molecule has 2 aromatic heterocycles. The molecule has 0 fully saturated rings. The number of rotatable bonds is 5. The molecule has 7 heteroatoms. The van der Waals surface area contributed by atoms with E-state index in [0.29, 0.717) is 16.3 Å². The summed E-state index contributed by atoms with van der Waals surface area (Å²) in [6.07, 6.45) is 3.08. The zero-order chi connectivity index (χ0) is 20.1. The molecule has 2 heterocycles. The maximum absolute atomic E-state index is 12.6. The molecule has 0 saturated heterocycles. The standard InChI is InChI=1S/C21H19ClN4O2/c1-13-9-14(2)19(17(22)10-13)26-20(27)15-6-8-24-18(11-15)21(28)25-12-16-5-3-4-7-23-16/h3-11H,12H2,1-2H3,(H,25,28)(H,26,27). The number of nitrogens with zero attached hydrogens (tertiary/aromatic N) is 2. The van der Waals surface area contributed by atoms with Crippen LogP contribution in [-0.2, 0) is 6.54 Å². The van der Waals surface area contributed by atoms with E-state index in [2.05, 4.69) is 20.6 Å². The second-order valence-corrected chi connectivity index (χ2v) is 6.73. The quantitative estimate of drug-likeness (QED) is 0.686. The van der Waals surface area contributed by atoms with Crippen LogP contribution in [-0.4, -0.2) is 21.8 Å². The van der Waals surface area contributed by atoms with E-state index >= 15 is 0 Å². The van der Waals surface area contributed by atoms with E-state index in [1.54, 1.807) is 24.4 Å². The Morgan fingerprint density at radius 1 is 1.00 bits per heavy atom. The molecule has 0 atom stereocenters. The average Bonchev–Trinajstić information content (AvgIpc) is 2.69. The highest BCUT2D eigenvalue weighted by Gasteiger charge is 2.14.